The Morgan fingerprint density at radius 1 is 1.29 bits per heavy atom. The van der Waals surface area contributed by atoms with E-state index in [2.05, 4.69) is 5.32 Å². The van der Waals surface area contributed by atoms with Gasteiger partial charge >= 0.3 is 0 Å². The van der Waals surface area contributed by atoms with Crippen molar-refractivity contribution in [2.75, 3.05) is 6.54 Å². The Bertz CT molecular complexity index is 557. The number of halogens is 2. The zero-order valence-electron chi connectivity index (χ0n) is 12.1. The van der Waals surface area contributed by atoms with Crippen molar-refractivity contribution in [3.8, 4) is 0 Å². The highest BCUT2D eigenvalue weighted by Gasteiger charge is 2.39. The van der Waals surface area contributed by atoms with Crippen LogP contribution >= 0.6 is 0 Å². The van der Waals surface area contributed by atoms with Crippen molar-refractivity contribution in [3.63, 3.8) is 0 Å². The molecule has 1 heterocycles. The molecule has 1 aromatic rings. The molecule has 2 rings (SSSR count). The summed E-state index contributed by atoms with van der Waals surface area (Å²) in [4.78, 5) is 25.6. The monoisotopic (exact) mass is 296 g/mol. The molecule has 0 aromatic heterocycles. The Morgan fingerprint density at radius 2 is 1.90 bits per heavy atom. The molecule has 0 saturated carbocycles. The van der Waals surface area contributed by atoms with Crippen LogP contribution in [0.1, 0.15) is 32.3 Å². The molecule has 2 amide bonds. The minimum atomic E-state index is -1.03. The summed E-state index contributed by atoms with van der Waals surface area (Å²) in [6, 6.07) is 3.59. The molecule has 1 fully saturated rings. The van der Waals surface area contributed by atoms with Gasteiger partial charge in [0.25, 0.3) is 0 Å². The maximum Gasteiger partial charge on any atom is 0.248 e. The van der Waals surface area contributed by atoms with Crippen molar-refractivity contribution < 1.29 is 18.4 Å². The van der Waals surface area contributed by atoms with Gasteiger partial charge in [0.15, 0.2) is 0 Å². The van der Waals surface area contributed by atoms with Gasteiger partial charge in [-0.3, -0.25) is 9.59 Å². The Morgan fingerprint density at radius 3 is 2.48 bits per heavy atom. The fraction of sp³-hybridized carbons (Fsp3) is 0.467. The van der Waals surface area contributed by atoms with Crippen LogP contribution in [-0.4, -0.2) is 28.8 Å². The third-order valence-corrected chi connectivity index (χ3v) is 3.90. The zero-order chi connectivity index (χ0) is 15.6. The molecule has 114 valence electrons. The number of hydrogen-bond acceptors (Lipinski definition) is 2. The van der Waals surface area contributed by atoms with E-state index in [1.807, 2.05) is 0 Å². The first-order chi connectivity index (χ1) is 9.87. The summed E-state index contributed by atoms with van der Waals surface area (Å²) in [6.45, 7) is 3.38. The van der Waals surface area contributed by atoms with E-state index in [9.17, 15) is 18.4 Å². The Balaban J connectivity index is 2.30. The van der Waals surface area contributed by atoms with Crippen LogP contribution in [0.25, 0.3) is 0 Å². The van der Waals surface area contributed by atoms with Crippen LogP contribution in [0.2, 0.25) is 0 Å². The number of nitrogens with one attached hydrogen (secondary N) is 1. The van der Waals surface area contributed by atoms with Crippen molar-refractivity contribution >= 4 is 11.8 Å². The van der Waals surface area contributed by atoms with Crippen LogP contribution in [0.4, 0.5) is 8.78 Å². The van der Waals surface area contributed by atoms with Crippen LogP contribution in [0.3, 0.4) is 0 Å². The third kappa shape index (κ3) is 3.04. The summed E-state index contributed by atoms with van der Waals surface area (Å²) in [7, 11) is 0. The number of hydrogen-bond donors (Lipinski definition) is 1. The first-order valence-corrected chi connectivity index (χ1v) is 6.90. The maximum absolute atomic E-state index is 13.7. The zero-order valence-corrected chi connectivity index (χ0v) is 12.1. The molecule has 1 atom stereocenters. The van der Waals surface area contributed by atoms with Crippen molar-refractivity contribution in [1.82, 2.24) is 10.2 Å². The highest BCUT2D eigenvalue weighted by molar-refractivity contribution is 5.93. The van der Waals surface area contributed by atoms with Gasteiger partial charge in [0.2, 0.25) is 11.8 Å². The summed E-state index contributed by atoms with van der Waals surface area (Å²) in [5.41, 5.74) is -1.19. The van der Waals surface area contributed by atoms with Gasteiger partial charge in [-0.15, -0.1) is 0 Å². The summed E-state index contributed by atoms with van der Waals surface area (Å²) >= 11 is 0. The molecular formula is C15H18F2N2O2. The largest absolute Gasteiger partial charge is 0.342 e. The summed E-state index contributed by atoms with van der Waals surface area (Å²) in [5, 5.41) is 2.68. The van der Waals surface area contributed by atoms with Gasteiger partial charge < -0.3 is 10.2 Å². The lowest BCUT2D eigenvalue weighted by Gasteiger charge is -2.31. The quantitative estimate of drug-likeness (QED) is 0.927. The average Bonchev–Trinajstić information content (AvgIpc) is 2.54. The summed E-state index contributed by atoms with van der Waals surface area (Å²) in [6.07, 6.45) is 0.533. The first kappa shape index (κ1) is 15.4. The molecule has 0 radical (unpaired) electrons. The highest BCUT2D eigenvalue weighted by Crippen LogP contribution is 2.21. The topological polar surface area (TPSA) is 49.4 Å². The molecule has 4 nitrogen and oxygen atoms in total. The van der Waals surface area contributed by atoms with E-state index >= 15 is 0 Å². The van der Waals surface area contributed by atoms with E-state index in [4.69, 9.17) is 0 Å². The lowest BCUT2D eigenvalue weighted by Crippen LogP contribution is -2.54. The van der Waals surface area contributed by atoms with Gasteiger partial charge in [0, 0.05) is 18.5 Å². The van der Waals surface area contributed by atoms with Crippen LogP contribution < -0.4 is 5.32 Å². The van der Waals surface area contributed by atoms with E-state index in [1.54, 1.807) is 13.8 Å². The van der Waals surface area contributed by atoms with E-state index in [0.29, 0.717) is 6.42 Å². The van der Waals surface area contributed by atoms with Gasteiger partial charge in [-0.05, 0) is 25.5 Å². The van der Waals surface area contributed by atoms with Crippen LogP contribution in [-0.2, 0) is 16.1 Å². The maximum atomic E-state index is 13.7. The summed E-state index contributed by atoms with van der Waals surface area (Å²) < 4.78 is 27.4. The lowest BCUT2D eigenvalue weighted by molar-refractivity contribution is -0.138. The number of benzene rings is 1. The lowest BCUT2D eigenvalue weighted by atomic mass is 9.97. The SMILES string of the molecule is CCC1(C)NC(=O)CCN(Cc2c(F)cccc2F)C1=O. The number of amides is 2. The van der Waals surface area contributed by atoms with Crippen LogP contribution in [0.15, 0.2) is 18.2 Å². The second-order valence-corrected chi connectivity index (χ2v) is 5.41. The van der Waals surface area contributed by atoms with Crippen molar-refractivity contribution in [3.05, 3.63) is 35.4 Å². The predicted octanol–water partition coefficient (Wildman–Crippen LogP) is 1.98. The molecule has 1 unspecified atom stereocenters. The van der Waals surface area contributed by atoms with E-state index < -0.39 is 17.2 Å². The van der Waals surface area contributed by atoms with Gasteiger partial charge in [-0.25, -0.2) is 8.78 Å². The number of nitrogens with zero attached hydrogens (tertiary/aromatic N) is 1. The minimum absolute atomic E-state index is 0.122. The molecule has 0 bridgehead atoms. The molecule has 1 aliphatic rings. The molecule has 1 aliphatic heterocycles. The van der Waals surface area contributed by atoms with Gasteiger partial charge in [-0.1, -0.05) is 13.0 Å². The third-order valence-electron chi connectivity index (χ3n) is 3.90. The number of carbonyl (C=O) groups is 2. The Labute approximate surface area is 122 Å². The van der Waals surface area contributed by atoms with Crippen molar-refractivity contribution in [1.29, 1.82) is 0 Å². The highest BCUT2D eigenvalue weighted by atomic mass is 19.1. The first-order valence-electron chi connectivity index (χ1n) is 6.90. The Hall–Kier alpha value is -1.98. The number of rotatable bonds is 3. The molecule has 1 saturated heterocycles. The molecule has 1 N–H and O–H groups in total. The summed E-state index contributed by atoms with van der Waals surface area (Å²) in [5.74, 6) is -1.93. The fourth-order valence-electron chi connectivity index (χ4n) is 2.38. The fourth-order valence-corrected chi connectivity index (χ4v) is 2.38. The van der Waals surface area contributed by atoms with Crippen molar-refractivity contribution in [2.24, 2.45) is 0 Å². The average molecular weight is 296 g/mol. The van der Waals surface area contributed by atoms with Gasteiger partial charge in [0.1, 0.15) is 17.2 Å². The molecule has 6 heteroatoms. The molecule has 21 heavy (non-hydrogen) atoms. The van der Waals surface area contributed by atoms with Gasteiger partial charge in [-0.2, -0.15) is 0 Å². The van der Waals surface area contributed by atoms with E-state index in [0.717, 1.165) is 12.1 Å². The Kier molecular flexibility index (Phi) is 4.25. The predicted molar refractivity (Wildman–Crippen MR) is 73.2 cm³/mol. The van der Waals surface area contributed by atoms with E-state index in [-0.39, 0.29) is 36.9 Å². The van der Waals surface area contributed by atoms with E-state index in [1.165, 1.54) is 11.0 Å². The standard InChI is InChI=1S/C15H18F2N2O2/c1-3-15(2)14(21)19(8-7-13(20)18-15)9-10-11(16)5-4-6-12(10)17/h4-6H,3,7-9H2,1-2H3,(H,18,20). The smallest absolute Gasteiger partial charge is 0.248 e. The molecule has 0 aliphatic carbocycles. The van der Waals surface area contributed by atoms with Crippen LogP contribution in [0, 0.1) is 11.6 Å². The minimum Gasteiger partial charge on any atom is -0.342 e. The normalized spacial score (nSPS) is 23.0. The van der Waals surface area contributed by atoms with Gasteiger partial charge in [0.05, 0.1) is 6.54 Å². The second kappa shape index (κ2) is 5.79. The second-order valence-electron chi connectivity index (χ2n) is 5.41. The molecular weight excluding hydrogens is 278 g/mol. The number of carbonyl (C=O) groups excluding carboxylic acids is 2. The molecule has 0 spiro atoms. The van der Waals surface area contributed by atoms with Crippen molar-refractivity contribution in [2.45, 2.75) is 38.8 Å². The van der Waals surface area contributed by atoms with Crippen LogP contribution in [0.5, 0.6) is 0 Å². The molecule has 1 aromatic carbocycles.